The minimum absolute atomic E-state index is 0.0463. The second-order valence-corrected chi connectivity index (χ2v) is 10.1. The van der Waals surface area contributed by atoms with E-state index in [1.165, 1.54) is 11.3 Å². The zero-order valence-corrected chi connectivity index (χ0v) is 19.5. The first-order valence-corrected chi connectivity index (χ1v) is 12.1. The predicted molar refractivity (Wildman–Crippen MR) is 126 cm³/mol. The number of carbonyl (C=O) groups is 3. The van der Waals surface area contributed by atoms with E-state index >= 15 is 0 Å². The topological polar surface area (TPSA) is 75.7 Å². The smallest absolute Gasteiger partial charge is 0.262 e. The first-order valence-electron chi connectivity index (χ1n) is 10.5. The molecule has 2 amide bonds. The average Bonchev–Trinajstić information content (AvgIpc) is 3.50. The van der Waals surface area contributed by atoms with Gasteiger partial charge in [-0.05, 0) is 41.6 Å². The van der Waals surface area contributed by atoms with E-state index in [4.69, 9.17) is 4.74 Å². The molecule has 164 valence electrons. The first kappa shape index (κ1) is 21.3. The van der Waals surface area contributed by atoms with Gasteiger partial charge >= 0.3 is 0 Å². The lowest BCUT2D eigenvalue weighted by molar-refractivity contribution is -0.138. The van der Waals surface area contributed by atoms with Crippen LogP contribution in [0.2, 0.25) is 0 Å². The quantitative estimate of drug-likeness (QED) is 0.566. The van der Waals surface area contributed by atoms with Gasteiger partial charge in [-0.15, -0.1) is 11.3 Å². The minimum atomic E-state index is -0.777. The second-order valence-electron chi connectivity index (χ2n) is 8.09. The highest BCUT2D eigenvalue weighted by molar-refractivity contribution is 9.10. The number of ketones is 1. The van der Waals surface area contributed by atoms with Crippen LogP contribution >= 0.6 is 27.3 Å². The van der Waals surface area contributed by atoms with Crippen LogP contribution < -0.4 is 5.32 Å². The third kappa shape index (κ3) is 4.10. The third-order valence-electron chi connectivity index (χ3n) is 6.00. The maximum absolute atomic E-state index is 13.5. The van der Waals surface area contributed by atoms with Crippen LogP contribution in [0.4, 0.5) is 0 Å². The highest BCUT2D eigenvalue weighted by Gasteiger charge is 2.48. The van der Waals surface area contributed by atoms with Gasteiger partial charge in [0.05, 0.1) is 11.0 Å². The molecule has 2 aliphatic heterocycles. The van der Waals surface area contributed by atoms with Gasteiger partial charge in [0, 0.05) is 22.1 Å². The summed E-state index contributed by atoms with van der Waals surface area (Å²) < 4.78 is 7.49. The summed E-state index contributed by atoms with van der Waals surface area (Å²) in [6, 6.07) is 16.0. The molecule has 0 spiro atoms. The fraction of sp³-hybridized carbons (Fsp3) is 0.292. The fourth-order valence-electron chi connectivity index (χ4n) is 4.42. The molecule has 0 saturated carbocycles. The Morgan fingerprint density at radius 2 is 1.97 bits per heavy atom. The van der Waals surface area contributed by atoms with Gasteiger partial charge < -0.3 is 15.0 Å². The van der Waals surface area contributed by atoms with E-state index in [-0.39, 0.29) is 30.3 Å². The Labute approximate surface area is 197 Å². The Bertz CT molecular complexity index is 1160. The molecule has 2 aromatic carbocycles. The van der Waals surface area contributed by atoms with Crippen molar-refractivity contribution in [1.29, 1.82) is 0 Å². The molecule has 8 heteroatoms. The maximum atomic E-state index is 13.5. The molecule has 3 atom stereocenters. The molecule has 2 fully saturated rings. The van der Waals surface area contributed by atoms with Gasteiger partial charge in [-0.2, -0.15) is 0 Å². The molecule has 2 saturated heterocycles. The molecule has 2 aliphatic rings. The van der Waals surface area contributed by atoms with Crippen molar-refractivity contribution in [3.8, 4) is 0 Å². The summed E-state index contributed by atoms with van der Waals surface area (Å²) >= 11 is 4.82. The third-order valence-corrected chi connectivity index (χ3v) is 7.64. The highest BCUT2D eigenvalue weighted by Crippen LogP contribution is 2.29. The molecule has 6 nitrogen and oxygen atoms in total. The van der Waals surface area contributed by atoms with Crippen molar-refractivity contribution in [2.75, 3.05) is 13.2 Å². The Hall–Kier alpha value is -2.55. The monoisotopic (exact) mass is 512 g/mol. The molecule has 0 aliphatic carbocycles. The number of Topliss-reactive ketones (excluding diaryl/α,β-unsaturated/α-hetero) is 1. The molecule has 32 heavy (non-hydrogen) atoms. The first-order chi connectivity index (χ1) is 15.5. The molecule has 3 aromatic rings. The van der Waals surface area contributed by atoms with E-state index in [0.29, 0.717) is 24.3 Å². The normalized spacial score (nSPS) is 21.0. The number of hydrogen-bond acceptors (Lipinski definition) is 5. The molecule has 5 rings (SSSR count). The molecule has 1 aromatic heterocycles. The number of likely N-dealkylation sites (tertiary alicyclic amines) is 1. The Balaban J connectivity index is 1.41. The standard InChI is InChI=1S/C24H21BrN2O4S/c25-16-7-5-14(6-8-16)11-17(24(30)27-10-9-19-22(27)18(28)13-31-19)26-23(29)21-12-15-3-1-2-4-20(15)32-21/h1-8,12,17,19,22H,9-11,13H2,(H,26,29). The summed E-state index contributed by atoms with van der Waals surface area (Å²) in [6.07, 6.45) is 0.737. The van der Waals surface area contributed by atoms with Crippen LogP contribution in [0.5, 0.6) is 0 Å². The van der Waals surface area contributed by atoms with Crippen LogP contribution in [0.3, 0.4) is 0 Å². The molecule has 1 N–H and O–H groups in total. The SMILES string of the molecule is O=C(NC(Cc1ccc(Br)cc1)C(=O)N1CCC2OCC(=O)C21)c1cc2ccccc2s1. The fourth-order valence-corrected chi connectivity index (χ4v) is 5.65. The summed E-state index contributed by atoms with van der Waals surface area (Å²) in [5.41, 5.74) is 0.924. The summed E-state index contributed by atoms with van der Waals surface area (Å²) in [4.78, 5) is 41.1. The highest BCUT2D eigenvalue weighted by atomic mass is 79.9. The van der Waals surface area contributed by atoms with Crippen LogP contribution in [-0.2, 0) is 20.7 Å². The summed E-state index contributed by atoms with van der Waals surface area (Å²) in [6.45, 7) is 0.500. The van der Waals surface area contributed by atoms with Gasteiger partial charge in [-0.1, -0.05) is 46.3 Å². The van der Waals surface area contributed by atoms with Crippen molar-refractivity contribution >= 4 is 55.0 Å². The largest absolute Gasteiger partial charge is 0.368 e. The Morgan fingerprint density at radius 3 is 2.75 bits per heavy atom. The number of fused-ring (bicyclic) bond motifs is 2. The van der Waals surface area contributed by atoms with Crippen LogP contribution in [0.1, 0.15) is 21.7 Å². The van der Waals surface area contributed by atoms with E-state index < -0.39 is 12.1 Å². The number of thiophene rings is 1. The lowest BCUT2D eigenvalue weighted by atomic mass is 10.0. The maximum Gasteiger partial charge on any atom is 0.262 e. The van der Waals surface area contributed by atoms with Gasteiger partial charge in [0.25, 0.3) is 5.91 Å². The molecule has 3 heterocycles. The average molecular weight is 513 g/mol. The van der Waals surface area contributed by atoms with Gasteiger partial charge in [-0.25, -0.2) is 0 Å². The van der Waals surface area contributed by atoms with Crippen LogP contribution in [0, 0.1) is 0 Å². The van der Waals surface area contributed by atoms with E-state index in [0.717, 1.165) is 20.1 Å². The molecular weight excluding hydrogens is 492 g/mol. The number of halogens is 1. The lowest BCUT2D eigenvalue weighted by Crippen LogP contribution is -2.53. The summed E-state index contributed by atoms with van der Waals surface area (Å²) in [7, 11) is 0. The van der Waals surface area contributed by atoms with Crippen molar-refractivity contribution in [3.63, 3.8) is 0 Å². The van der Waals surface area contributed by atoms with Crippen molar-refractivity contribution in [1.82, 2.24) is 10.2 Å². The van der Waals surface area contributed by atoms with Crippen molar-refractivity contribution in [3.05, 3.63) is 69.5 Å². The Kier molecular flexibility index (Phi) is 5.84. The van der Waals surface area contributed by atoms with Gasteiger partial charge in [0.1, 0.15) is 18.7 Å². The number of hydrogen-bond donors (Lipinski definition) is 1. The Morgan fingerprint density at radius 1 is 1.19 bits per heavy atom. The number of rotatable bonds is 5. The van der Waals surface area contributed by atoms with E-state index in [2.05, 4.69) is 21.2 Å². The zero-order valence-electron chi connectivity index (χ0n) is 17.1. The summed E-state index contributed by atoms with van der Waals surface area (Å²) in [5.74, 6) is -0.598. The predicted octanol–water partition coefficient (Wildman–Crippen LogP) is 3.57. The second kappa shape index (κ2) is 8.77. The van der Waals surface area contributed by atoms with Gasteiger partial charge in [0.2, 0.25) is 5.91 Å². The molecule has 0 bridgehead atoms. The number of amides is 2. The van der Waals surface area contributed by atoms with Crippen molar-refractivity contribution in [2.45, 2.75) is 31.0 Å². The van der Waals surface area contributed by atoms with E-state index in [9.17, 15) is 14.4 Å². The van der Waals surface area contributed by atoms with Crippen LogP contribution in [-0.4, -0.2) is 53.8 Å². The lowest BCUT2D eigenvalue weighted by Gasteiger charge is -2.27. The number of benzene rings is 2. The number of carbonyl (C=O) groups excluding carboxylic acids is 3. The van der Waals surface area contributed by atoms with E-state index in [1.807, 2.05) is 54.6 Å². The zero-order chi connectivity index (χ0) is 22.2. The van der Waals surface area contributed by atoms with Crippen LogP contribution in [0.25, 0.3) is 10.1 Å². The molecular formula is C24H21BrN2O4S. The van der Waals surface area contributed by atoms with Gasteiger partial charge in [-0.3, -0.25) is 14.4 Å². The number of ether oxygens (including phenoxy) is 1. The minimum Gasteiger partial charge on any atom is -0.368 e. The molecule has 0 radical (unpaired) electrons. The van der Waals surface area contributed by atoms with E-state index in [1.54, 1.807) is 4.90 Å². The van der Waals surface area contributed by atoms with Crippen LogP contribution in [0.15, 0.2) is 59.1 Å². The summed E-state index contributed by atoms with van der Waals surface area (Å²) in [5, 5.41) is 3.94. The number of nitrogens with one attached hydrogen (secondary N) is 1. The van der Waals surface area contributed by atoms with Crippen molar-refractivity contribution in [2.24, 2.45) is 0 Å². The van der Waals surface area contributed by atoms with Crippen molar-refractivity contribution < 1.29 is 19.1 Å². The van der Waals surface area contributed by atoms with Gasteiger partial charge in [0.15, 0.2) is 5.78 Å². The number of nitrogens with zero attached hydrogens (tertiary/aromatic N) is 1. The molecule has 3 unspecified atom stereocenters.